The first-order chi connectivity index (χ1) is 3.80. The van der Waals surface area contributed by atoms with Gasteiger partial charge >= 0.3 is 0 Å². The molecule has 3 heteroatoms. The van der Waals surface area contributed by atoms with Crippen LogP contribution in [0, 0.1) is 5.92 Å². The highest BCUT2D eigenvalue weighted by Crippen LogP contribution is 1.92. The summed E-state index contributed by atoms with van der Waals surface area (Å²) >= 11 is 0. The van der Waals surface area contributed by atoms with Crippen LogP contribution < -0.4 is 27.3 Å². The Kier molecular flexibility index (Phi) is 3.54. The van der Waals surface area contributed by atoms with Gasteiger partial charge in [-0.15, -0.1) is 0 Å². The standard InChI is InChI=1S/C6H10N2.BrH/c1-5(2)6-7-3-4-8-6;/h3-5,7H,1-2H3;1H/q+1;/p-1. The van der Waals surface area contributed by atoms with Gasteiger partial charge in [0.25, 0.3) is 5.84 Å². The summed E-state index contributed by atoms with van der Waals surface area (Å²) in [7, 11) is 0. The molecule has 2 nitrogen and oxygen atoms in total. The fourth-order valence-corrected chi connectivity index (χ4v) is 0.593. The van der Waals surface area contributed by atoms with Gasteiger partial charge < -0.3 is 17.0 Å². The monoisotopic (exact) mass is 189 g/mol. The maximum absolute atomic E-state index is 4.06. The predicted molar refractivity (Wildman–Crippen MR) is 34.3 cm³/mol. The third-order valence-corrected chi connectivity index (χ3v) is 1.07. The van der Waals surface area contributed by atoms with Crippen LogP contribution in [0.25, 0.3) is 0 Å². The van der Waals surface area contributed by atoms with Gasteiger partial charge in [-0.2, -0.15) is 0 Å². The van der Waals surface area contributed by atoms with Gasteiger partial charge in [0, 0.05) is 0 Å². The van der Waals surface area contributed by atoms with Crippen LogP contribution in [-0.2, 0) is 0 Å². The molecule has 0 unspecified atom stereocenters. The van der Waals surface area contributed by atoms with Crippen LogP contribution in [0.15, 0.2) is 12.4 Å². The molecule has 1 N–H and O–H groups in total. The van der Waals surface area contributed by atoms with Gasteiger partial charge in [-0.25, -0.2) is 5.32 Å². The highest BCUT2D eigenvalue weighted by Gasteiger charge is 2.14. The largest absolute Gasteiger partial charge is 1.00 e. The molecule has 0 aromatic heterocycles. The first-order valence-electron chi connectivity index (χ1n) is 2.80. The fourth-order valence-electron chi connectivity index (χ4n) is 0.593. The molecule has 0 aliphatic carbocycles. The highest BCUT2D eigenvalue weighted by molar-refractivity contribution is 5.85. The summed E-state index contributed by atoms with van der Waals surface area (Å²) in [5, 5.41) is 3.03. The Morgan fingerprint density at radius 3 is 2.44 bits per heavy atom. The number of nitrogens with one attached hydrogen (secondary N) is 1. The Morgan fingerprint density at radius 2 is 2.22 bits per heavy atom. The van der Waals surface area contributed by atoms with Crippen molar-refractivity contribution in [2.24, 2.45) is 5.92 Å². The Morgan fingerprint density at radius 1 is 1.56 bits per heavy atom. The van der Waals surface area contributed by atoms with E-state index in [-0.39, 0.29) is 17.0 Å². The average Bonchev–Trinajstić information content (AvgIpc) is 2.12. The predicted octanol–water partition coefficient (Wildman–Crippen LogP) is -2.54. The van der Waals surface area contributed by atoms with Gasteiger partial charge in [0.1, 0.15) is 6.20 Å². The summed E-state index contributed by atoms with van der Waals surface area (Å²) in [6, 6.07) is 0. The number of hydrogen-bond acceptors (Lipinski definition) is 2. The van der Waals surface area contributed by atoms with E-state index in [1.807, 2.05) is 6.20 Å². The van der Waals surface area contributed by atoms with Crippen LogP contribution in [0.2, 0.25) is 0 Å². The smallest absolute Gasteiger partial charge is 0.298 e. The lowest BCUT2D eigenvalue weighted by Crippen LogP contribution is -3.00. The Labute approximate surface area is 65.8 Å². The molecule has 0 bridgehead atoms. The van der Waals surface area contributed by atoms with Crippen molar-refractivity contribution in [3.8, 4) is 0 Å². The van der Waals surface area contributed by atoms with Crippen molar-refractivity contribution < 1.29 is 17.0 Å². The van der Waals surface area contributed by atoms with Crippen molar-refractivity contribution in [1.82, 2.24) is 10.3 Å². The van der Waals surface area contributed by atoms with Gasteiger partial charge in [0.05, 0.1) is 5.92 Å². The molecule has 0 spiro atoms. The molecular formula is C6H10BrN2. The lowest BCUT2D eigenvalue weighted by atomic mass is 10.2. The molecule has 0 atom stereocenters. The van der Waals surface area contributed by atoms with E-state index in [0.29, 0.717) is 5.92 Å². The van der Waals surface area contributed by atoms with Gasteiger partial charge in [-0.1, -0.05) is 18.8 Å². The van der Waals surface area contributed by atoms with Gasteiger partial charge in [-0.3, -0.25) is 0 Å². The summed E-state index contributed by atoms with van der Waals surface area (Å²) < 4.78 is 0. The zero-order chi connectivity index (χ0) is 5.98. The van der Waals surface area contributed by atoms with E-state index < -0.39 is 0 Å². The first-order valence-corrected chi connectivity index (χ1v) is 2.80. The quantitative estimate of drug-likeness (QED) is 0.484. The molecule has 0 saturated carbocycles. The van der Waals surface area contributed by atoms with Crippen LogP contribution in [-0.4, -0.2) is 5.84 Å². The molecule has 1 aliphatic heterocycles. The van der Waals surface area contributed by atoms with Crippen LogP contribution in [0.5, 0.6) is 0 Å². The molecule has 1 heterocycles. The van der Waals surface area contributed by atoms with E-state index in [1.54, 1.807) is 6.20 Å². The lowest BCUT2D eigenvalue weighted by molar-refractivity contribution is -0.00000191. The topological polar surface area (TPSA) is 26.1 Å². The summed E-state index contributed by atoms with van der Waals surface area (Å²) in [4.78, 5) is 4.06. The normalized spacial score (nSPS) is 14.8. The molecular weight excluding hydrogens is 180 g/mol. The molecule has 1 rings (SSSR count). The van der Waals surface area contributed by atoms with E-state index in [0.717, 1.165) is 5.84 Å². The number of aliphatic imine (C=N–C) groups is 1. The van der Waals surface area contributed by atoms with E-state index in [1.165, 1.54) is 0 Å². The molecule has 0 fully saturated rings. The number of hydrogen-bond donors (Lipinski definition) is 1. The summed E-state index contributed by atoms with van der Waals surface area (Å²) in [6.07, 6.45) is 3.62. The maximum Gasteiger partial charge on any atom is 0.298 e. The molecule has 9 heavy (non-hydrogen) atoms. The van der Waals surface area contributed by atoms with Crippen LogP contribution >= 0.6 is 0 Å². The second kappa shape index (κ2) is 3.67. The third-order valence-electron chi connectivity index (χ3n) is 1.07. The lowest BCUT2D eigenvalue weighted by Gasteiger charge is -1.92. The van der Waals surface area contributed by atoms with Crippen molar-refractivity contribution in [2.75, 3.05) is 0 Å². The SMILES string of the molecule is CC(C)C1=[N+]C=CN1.[Br-]. The van der Waals surface area contributed by atoms with E-state index in [9.17, 15) is 0 Å². The van der Waals surface area contributed by atoms with Crippen molar-refractivity contribution >= 4 is 5.84 Å². The summed E-state index contributed by atoms with van der Waals surface area (Å²) in [5.74, 6) is 1.58. The number of halogens is 1. The zero-order valence-corrected chi connectivity index (χ0v) is 7.14. The summed E-state index contributed by atoms with van der Waals surface area (Å²) in [5.41, 5.74) is 0. The first kappa shape index (κ1) is 8.69. The second-order valence-electron chi connectivity index (χ2n) is 2.13. The zero-order valence-electron chi connectivity index (χ0n) is 5.56. The van der Waals surface area contributed by atoms with Gasteiger partial charge in [-0.05, 0) is 0 Å². The second-order valence-corrected chi connectivity index (χ2v) is 2.13. The molecule has 1 aliphatic rings. The van der Waals surface area contributed by atoms with Gasteiger partial charge in [0.15, 0.2) is 6.20 Å². The number of amidine groups is 1. The average molecular weight is 190 g/mol. The third kappa shape index (κ3) is 2.18. The fraction of sp³-hybridized carbons (Fsp3) is 0.500. The molecule has 0 saturated heterocycles. The van der Waals surface area contributed by atoms with Crippen molar-refractivity contribution in [3.63, 3.8) is 0 Å². The Balaban J connectivity index is 0.000000640. The number of nitrogens with zero attached hydrogens (tertiary/aromatic N) is 1. The van der Waals surface area contributed by atoms with Crippen LogP contribution in [0.4, 0.5) is 0 Å². The van der Waals surface area contributed by atoms with Crippen LogP contribution in [0.1, 0.15) is 13.8 Å². The Bertz CT molecular complexity index is 138. The van der Waals surface area contributed by atoms with E-state index in [2.05, 4.69) is 24.2 Å². The van der Waals surface area contributed by atoms with E-state index >= 15 is 0 Å². The molecule has 1 radical (unpaired) electrons. The minimum atomic E-state index is 0. The van der Waals surface area contributed by atoms with Crippen molar-refractivity contribution in [1.29, 1.82) is 0 Å². The van der Waals surface area contributed by atoms with Gasteiger partial charge in [0.2, 0.25) is 0 Å². The Hall–Kier alpha value is -0.310. The van der Waals surface area contributed by atoms with E-state index in [4.69, 9.17) is 0 Å². The molecule has 0 aromatic carbocycles. The van der Waals surface area contributed by atoms with Crippen molar-refractivity contribution in [3.05, 3.63) is 12.4 Å². The minimum absolute atomic E-state index is 0. The van der Waals surface area contributed by atoms with Crippen LogP contribution in [0.3, 0.4) is 0 Å². The highest BCUT2D eigenvalue weighted by atomic mass is 79.9. The molecule has 51 valence electrons. The minimum Gasteiger partial charge on any atom is -1.00 e. The molecule has 0 aromatic rings. The molecule has 0 amide bonds. The van der Waals surface area contributed by atoms with Crippen molar-refractivity contribution in [2.45, 2.75) is 13.8 Å². The maximum atomic E-state index is 4.06. The summed E-state index contributed by atoms with van der Waals surface area (Å²) in [6.45, 7) is 4.22. The number of rotatable bonds is 1.